The predicted octanol–water partition coefficient (Wildman–Crippen LogP) is 1.74. The number of nitrogens with two attached hydrogens (primary N) is 1. The second kappa shape index (κ2) is 4.93. The molecule has 1 heterocycles. The van der Waals surface area contributed by atoms with Crippen LogP contribution in [0.2, 0.25) is 0 Å². The highest BCUT2D eigenvalue weighted by atomic mass is 16.3. The molecule has 0 bridgehead atoms. The number of nitrogen functional groups attached to an aromatic ring is 1. The first kappa shape index (κ1) is 13.4. The van der Waals surface area contributed by atoms with Crippen LogP contribution in [0.25, 0.3) is 11.3 Å². The predicted molar refractivity (Wildman–Crippen MR) is 76.8 cm³/mol. The van der Waals surface area contributed by atoms with Gasteiger partial charge >= 0.3 is 0 Å². The number of anilines is 1. The number of aryl methyl sites for hydroxylation is 2. The van der Waals surface area contributed by atoms with Crippen LogP contribution in [0.1, 0.15) is 11.1 Å². The van der Waals surface area contributed by atoms with E-state index in [1.54, 1.807) is 17.8 Å². The minimum Gasteiger partial charge on any atom is -0.507 e. The summed E-state index contributed by atoms with van der Waals surface area (Å²) < 4.78 is 1.60. The number of benzene rings is 1. The Morgan fingerprint density at radius 1 is 1.32 bits per heavy atom. The van der Waals surface area contributed by atoms with Crippen molar-refractivity contribution >= 4 is 5.82 Å². The first-order valence-electron chi connectivity index (χ1n) is 6.15. The molecular formula is C14H20N4O. The Bertz CT molecular complexity index is 582. The fourth-order valence-corrected chi connectivity index (χ4v) is 2.12. The van der Waals surface area contributed by atoms with Crippen molar-refractivity contribution in [3.8, 4) is 17.0 Å². The first-order chi connectivity index (χ1) is 8.88. The van der Waals surface area contributed by atoms with Gasteiger partial charge in [0.25, 0.3) is 0 Å². The zero-order chi connectivity index (χ0) is 14.2. The second-order valence-corrected chi connectivity index (χ2v) is 5.14. The molecule has 0 atom stereocenters. The number of hydrogen-bond acceptors (Lipinski definition) is 4. The monoisotopic (exact) mass is 260 g/mol. The van der Waals surface area contributed by atoms with E-state index in [9.17, 15) is 5.11 Å². The maximum absolute atomic E-state index is 10.4. The first-order valence-corrected chi connectivity index (χ1v) is 6.15. The van der Waals surface area contributed by atoms with Gasteiger partial charge in [-0.05, 0) is 32.6 Å². The molecule has 0 spiro atoms. The molecule has 0 aliphatic carbocycles. The normalized spacial score (nSPS) is 11.2. The summed E-state index contributed by atoms with van der Waals surface area (Å²) in [5.41, 5.74) is 9.20. The van der Waals surface area contributed by atoms with E-state index in [1.165, 1.54) is 0 Å². The number of aromatic hydroxyl groups is 1. The summed E-state index contributed by atoms with van der Waals surface area (Å²) in [6.07, 6.45) is 0. The van der Waals surface area contributed by atoms with Crippen LogP contribution in [0.5, 0.6) is 5.75 Å². The summed E-state index contributed by atoms with van der Waals surface area (Å²) in [5, 5.41) is 14.7. The molecule has 0 saturated heterocycles. The summed E-state index contributed by atoms with van der Waals surface area (Å²) in [5.74, 6) is 0.850. The van der Waals surface area contributed by atoms with Crippen LogP contribution in [0.3, 0.4) is 0 Å². The van der Waals surface area contributed by atoms with Crippen molar-refractivity contribution in [3.63, 3.8) is 0 Å². The Labute approximate surface area is 113 Å². The molecular weight excluding hydrogens is 240 g/mol. The van der Waals surface area contributed by atoms with E-state index < -0.39 is 0 Å². The van der Waals surface area contributed by atoms with Crippen molar-refractivity contribution < 1.29 is 5.11 Å². The maximum atomic E-state index is 10.4. The number of nitrogens with zero attached hydrogens (tertiary/aromatic N) is 3. The van der Waals surface area contributed by atoms with Gasteiger partial charge in [-0.2, -0.15) is 5.10 Å². The molecule has 1 aromatic carbocycles. The number of aromatic nitrogens is 2. The van der Waals surface area contributed by atoms with Crippen molar-refractivity contribution in [2.24, 2.45) is 7.05 Å². The van der Waals surface area contributed by atoms with Crippen LogP contribution in [-0.2, 0) is 13.6 Å². The van der Waals surface area contributed by atoms with Crippen LogP contribution < -0.4 is 5.73 Å². The molecule has 102 valence electrons. The third-order valence-electron chi connectivity index (χ3n) is 3.01. The standard InChI is InChI=1S/C14H20N4O/c1-9-5-10(8-17(2)3)14(19)11(6-9)12-7-13(15)18(4)16-12/h5-7,19H,8,15H2,1-4H3. The lowest BCUT2D eigenvalue weighted by atomic mass is 10.0. The largest absolute Gasteiger partial charge is 0.507 e. The number of hydrogen-bond donors (Lipinski definition) is 2. The lowest BCUT2D eigenvalue weighted by Gasteiger charge is -2.14. The second-order valence-electron chi connectivity index (χ2n) is 5.14. The Hall–Kier alpha value is -2.01. The van der Waals surface area contributed by atoms with Gasteiger partial charge in [-0.15, -0.1) is 0 Å². The molecule has 0 unspecified atom stereocenters. The van der Waals surface area contributed by atoms with Crippen LogP contribution in [-0.4, -0.2) is 33.9 Å². The molecule has 2 aromatic rings. The van der Waals surface area contributed by atoms with Gasteiger partial charge in [0.05, 0.1) is 5.69 Å². The highest BCUT2D eigenvalue weighted by Crippen LogP contribution is 2.33. The SMILES string of the molecule is Cc1cc(CN(C)C)c(O)c(-c2cc(N)n(C)n2)c1. The average molecular weight is 260 g/mol. The van der Waals surface area contributed by atoms with E-state index in [1.807, 2.05) is 38.1 Å². The van der Waals surface area contributed by atoms with Gasteiger partial charge in [0, 0.05) is 30.8 Å². The minimum atomic E-state index is 0.275. The molecule has 1 aromatic heterocycles. The molecule has 0 aliphatic heterocycles. The van der Waals surface area contributed by atoms with Crippen molar-refractivity contribution in [1.82, 2.24) is 14.7 Å². The maximum Gasteiger partial charge on any atom is 0.129 e. The van der Waals surface area contributed by atoms with Crippen molar-refractivity contribution in [1.29, 1.82) is 0 Å². The molecule has 2 rings (SSSR count). The number of rotatable bonds is 3. The zero-order valence-corrected chi connectivity index (χ0v) is 11.8. The van der Waals surface area contributed by atoms with E-state index in [-0.39, 0.29) is 5.75 Å². The summed E-state index contributed by atoms with van der Waals surface area (Å²) in [6.45, 7) is 2.69. The van der Waals surface area contributed by atoms with Gasteiger partial charge in [-0.3, -0.25) is 4.68 Å². The van der Waals surface area contributed by atoms with Gasteiger partial charge in [0.15, 0.2) is 0 Å². The molecule has 3 N–H and O–H groups in total. The molecule has 0 fully saturated rings. The van der Waals surface area contributed by atoms with Crippen molar-refractivity contribution in [2.75, 3.05) is 19.8 Å². The highest BCUT2D eigenvalue weighted by molar-refractivity contribution is 5.71. The number of phenols is 1. The molecule has 5 nitrogen and oxygen atoms in total. The van der Waals surface area contributed by atoms with E-state index in [4.69, 9.17) is 5.73 Å². The summed E-state index contributed by atoms with van der Waals surface area (Å²) in [7, 11) is 5.73. The fraction of sp³-hybridized carbons (Fsp3) is 0.357. The lowest BCUT2D eigenvalue weighted by molar-refractivity contribution is 0.386. The fourth-order valence-electron chi connectivity index (χ4n) is 2.12. The van der Waals surface area contributed by atoms with Crippen LogP contribution in [0.15, 0.2) is 18.2 Å². The van der Waals surface area contributed by atoms with Gasteiger partial charge < -0.3 is 15.7 Å². The van der Waals surface area contributed by atoms with Gasteiger partial charge in [-0.1, -0.05) is 6.07 Å². The Balaban J connectivity index is 2.54. The van der Waals surface area contributed by atoms with Gasteiger partial charge in [0.1, 0.15) is 11.6 Å². The smallest absolute Gasteiger partial charge is 0.129 e. The third-order valence-corrected chi connectivity index (χ3v) is 3.01. The highest BCUT2D eigenvalue weighted by Gasteiger charge is 2.14. The topological polar surface area (TPSA) is 67.3 Å². The molecule has 0 amide bonds. The Kier molecular flexibility index (Phi) is 3.48. The molecule has 19 heavy (non-hydrogen) atoms. The third kappa shape index (κ3) is 2.71. The molecule has 5 heteroatoms. The van der Waals surface area contributed by atoms with Crippen LogP contribution in [0, 0.1) is 6.92 Å². The Morgan fingerprint density at radius 2 is 2.00 bits per heavy atom. The van der Waals surface area contributed by atoms with E-state index in [0.29, 0.717) is 18.1 Å². The quantitative estimate of drug-likeness (QED) is 0.882. The molecule has 0 radical (unpaired) electrons. The van der Waals surface area contributed by atoms with Crippen LogP contribution in [0.4, 0.5) is 5.82 Å². The van der Waals surface area contributed by atoms with Gasteiger partial charge in [0.2, 0.25) is 0 Å². The van der Waals surface area contributed by atoms with E-state index in [0.717, 1.165) is 16.7 Å². The zero-order valence-electron chi connectivity index (χ0n) is 11.8. The summed E-state index contributed by atoms with van der Waals surface area (Å²) in [6, 6.07) is 5.69. The molecule has 0 aliphatic rings. The van der Waals surface area contributed by atoms with E-state index >= 15 is 0 Å². The van der Waals surface area contributed by atoms with Gasteiger partial charge in [-0.25, -0.2) is 0 Å². The minimum absolute atomic E-state index is 0.275. The molecule has 0 saturated carbocycles. The Morgan fingerprint density at radius 3 is 2.53 bits per heavy atom. The summed E-state index contributed by atoms with van der Waals surface area (Å²) in [4.78, 5) is 2.02. The lowest BCUT2D eigenvalue weighted by Crippen LogP contribution is -2.11. The average Bonchev–Trinajstić information content (AvgIpc) is 2.63. The van der Waals surface area contributed by atoms with E-state index in [2.05, 4.69) is 5.10 Å². The van der Waals surface area contributed by atoms with Crippen molar-refractivity contribution in [3.05, 3.63) is 29.3 Å². The summed E-state index contributed by atoms with van der Waals surface area (Å²) >= 11 is 0. The van der Waals surface area contributed by atoms with Crippen LogP contribution >= 0.6 is 0 Å². The van der Waals surface area contributed by atoms with Crippen molar-refractivity contribution in [2.45, 2.75) is 13.5 Å². The number of phenolic OH excluding ortho intramolecular Hbond substituents is 1.